The molecule has 178 valence electrons. The lowest BCUT2D eigenvalue weighted by Gasteiger charge is -2.27. The Morgan fingerprint density at radius 3 is 2.53 bits per heavy atom. The largest absolute Gasteiger partial charge is 0.379 e. The van der Waals surface area contributed by atoms with Gasteiger partial charge in [0.1, 0.15) is 11.6 Å². The quantitative estimate of drug-likeness (QED) is 0.532. The number of rotatable bonds is 6. The average molecular weight is 488 g/mol. The van der Waals surface area contributed by atoms with Gasteiger partial charge in [0.05, 0.1) is 36.0 Å². The third-order valence-electron chi connectivity index (χ3n) is 5.51. The maximum atomic E-state index is 14.7. The molecule has 1 aromatic heterocycles. The summed E-state index contributed by atoms with van der Waals surface area (Å²) < 4.78 is 61.3. The number of sulfonamides is 1. The Labute approximate surface area is 196 Å². The number of pyridine rings is 1. The van der Waals surface area contributed by atoms with Crippen LogP contribution in [0.2, 0.25) is 0 Å². The van der Waals surface area contributed by atoms with Crippen LogP contribution in [-0.2, 0) is 21.3 Å². The molecule has 7 nitrogen and oxygen atoms in total. The monoisotopic (exact) mass is 487 g/mol. The smallest absolute Gasteiger partial charge is 0.258 e. The maximum Gasteiger partial charge on any atom is 0.258 e. The summed E-state index contributed by atoms with van der Waals surface area (Å²) >= 11 is 0. The van der Waals surface area contributed by atoms with Crippen molar-refractivity contribution in [3.8, 4) is 0 Å². The van der Waals surface area contributed by atoms with E-state index in [1.54, 1.807) is 31.2 Å². The number of nitrogens with zero attached hydrogens (tertiary/aromatic N) is 3. The SMILES string of the molecule is Cc1ccc(C(=O)N(Cc2ccccn2)c2ccc(F)cc2F)cc1S(=O)(=O)N1CCOCC1. The summed E-state index contributed by atoms with van der Waals surface area (Å²) in [5.74, 6) is -2.34. The molecule has 0 atom stereocenters. The minimum Gasteiger partial charge on any atom is -0.379 e. The molecule has 0 bridgehead atoms. The predicted octanol–water partition coefficient (Wildman–Crippen LogP) is 3.54. The summed E-state index contributed by atoms with van der Waals surface area (Å²) in [5.41, 5.74) is 0.868. The van der Waals surface area contributed by atoms with Crippen molar-refractivity contribution in [2.75, 3.05) is 31.2 Å². The first-order valence-electron chi connectivity index (χ1n) is 10.6. The number of benzene rings is 2. The lowest BCUT2D eigenvalue weighted by Crippen LogP contribution is -2.41. The second-order valence-electron chi connectivity index (χ2n) is 7.80. The molecule has 2 heterocycles. The number of ether oxygens (including phenoxy) is 1. The van der Waals surface area contributed by atoms with E-state index >= 15 is 0 Å². The summed E-state index contributed by atoms with van der Waals surface area (Å²) in [7, 11) is -3.87. The van der Waals surface area contributed by atoms with E-state index in [9.17, 15) is 22.0 Å². The van der Waals surface area contributed by atoms with E-state index < -0.39 is 27.6 Å². The molecular weight excluding hydrogens is 464 g/mol. The minimum absolute atomic E-state index is 0.00221. The number of hydrogen-bond acceptors (Lipinski definition) is 5. The van der Waals surface area contributed by atoms with Crippen molar-refractivity contribution in [1.29, 1.82) is 0 Å². The van der Waals surface area contributed by atoms with Crippen LogP contribution in [-0.4, -0.2) is 49.9 Å². The van der Waals surface area contributed by atoms with Crippen molar-refractivity contribution >= 4 is 21.6 Å². The fourth-order valence-corrected chi connectivity index (χ4v) is 5.37. The summed E-state index contributed by atoms with van der Waals surface area (Å²) in [6.07, 6.45) is 1.54. The lowest BCUT2D eigenvalue weighted by atomic mass is 10.1. The van der Waals surface area contributed by atoms with Gasteiger partial charge in [0.15, 0.2) is 0 Å². The highest BCUT2D eigenvalue weighted by Gasteiger charge is 2.30. The Morgan fingerprint density at radius 1 is 1.09 bits per heavy atom. The summed E-state index contributed by atoms with van der Waals surface area (Å²) in [6.45, 7) is 2.56. The third kappa shape index (κ3) is 4.98. The number of hydrogen-bond donors (Lipinski definition) is 0. The lowest BCUT2D eigenvalue weighted by molar-refractivity contribution is 0.0730. The molecule has 1 amide bonds. The van der Waals surface area contributed by atoms with Crippen molar-refractivity contribution in [1.82, 2.24) is 9.29 Å². The third-order valence-corrected chi connectivity index (χ3v) is 7.56. The molecule has 0 saturated carbocycles. The van der Waals surface area contributed by atoms with E-state index in [0.717, 1.165) is 11.0 Å². The second-order valence-corrected chi connectivity index (χ2v) is 9.71. The van der Waals surface area contributed by atoms with Crippen LogP contribution < -0.4 is 4.90 Å². The Morgan fingerprint density at radius 2 is 1.85 bits per heavy atom. The zero-order valence-electron chi connectivity index (χ0n) is 18.4. The van der Waals surface area contributed by atoms with Crippen LogP contribution in [0.25, 0.3) is 0 Å². The molecule has 0 unspecified atom stereocenters. The highest BCUT2D eigenvalue weighted by Crippen LogP contribution is 2.27. The fraction of sp³-hybridized carbons (Fsp3) is 0.250. The number of morpholine rings is 1. The highest BCUT2D eigenvalue weighted by atomic mass is 32.2. The van der Waals surface area contributed by atoms with Crippen molar-refractivity contribution < 1.29 is 26.7 Å². The molecule has 0 N–H and O–H groups in total. The van der Waals surface area contributed by atoms with Gasteiger partial charge in [-0.15, -0.1) is 0 Å². The van der Waals surface area contributed by atoms with Gasteiger partial charge in [-0.25, -0.2) is 17.2 Å². The zero-order valence-corrected chi connectivity index (χ0v) is 19.3. The minimum atomic E-state index is -3.87. The van der Waals surface area contributed by atoms with Crippen LogP contribution in [0.1, 0.15) is 21.6 Å². The first kappa shape index (κ1) is 23.9. The molecule has 1 aliphatic rings. The first-order valence-corrected chi connectivity index (χ1v) is 12.1. The Hall–Kier alpha value is -3.21. The van der Waals surface area contributed by atoms with Crippen LogP contribution in [0.15, 0.2) is 65.7 Å². The van der Waals surface area contributed by atoms with Crippen LogP contribution >= 0.6 is 0 Å². The molecule has 1 fully saturated rings. The summed E-state index contributed by atoms with van der Waals surface area (Å²) in [5, 5.41) is 0. The van der Waals surface area contributed by atoms with Gasteiger partial charge in [0.2, 0.25) is 10.0 Å². The van der Waals surface area contributed by atoms with E-state index in [-0.39, 0.29) is 35.8 Å². The highest BCUT2D eigenvalue weighted by molar-refractivity contribution is 7.89. The predicted molar refractivity (Wildman–Crippen MR) is 122 cm³/mol. The van der Waals surface area contributed by atoms with Gasteiger partial charge < -0.3 is 4.74 Å². The van der Waals surface area contributed by atoms with E-state index in [0.29, 0.717) is 30.5 Å². The molecule has 1 aliphatic heterocycles. The molecule has 0 spiro atoms. The molecule has 10 heteroatoms. The summed E-state index contributed by atoms with van der Waals surface area (Å²) in [4.78, 5) is 18.9. The Bertz CT molecular complexity index is 1300. The molecule has 2 aromatic carbocycles. The Balaban J connectivity index is 1.75. The number of aryl methyl sites for hydroxylation is 1. The van der Waals surface area contributed by atoms with Crippen LogP contribution in [0, 0.1) is 18.6 Å². The number of aromatic nitrogens is 1. The zero-order chi connectivity index (χ0) is 24.3. The normalized spacial score (nSPS) is 14.7. The number of anilines is 1. The molecule has 4 rings (SSSR count). The van der Waals surface area contributed by atoms with Crippen LogP contribution in [0.3, 0.4) is 0 Å². The van der Waals surface area contributed by atoms with Gasteiger partial charge in [-0.2, -0.15) is 4.31 Å². The van der Waals surface area contributed by atoms with Gasteiger partial charge in [-0.05, 0) is 48.9 Å². The van der Waals surface area contributed by atoms with Gasteiger partial charge >= 0.3 is 0 Å². The molecule has 34 heavy (non-hydrogen) atoms. The molecule has 0 radical (unpaired) electrons. The Kier molecular flexibility index (Phi) is 7.01. The van der Waals surface area contributed by atoms with Crippen molar-refractivity contribution in [2.45, 2.75) is 18.4 Å². The number of amides is 1. The van der Waals surface area contributed by atoms with Crippen molar-refractivity contribution in [3.63, 3.8) is 0 Å². The summed E-state index contributed by atoms with van der Waals surface area (Å²) in [6, 6.07) is 12.4. The van der Waals surface area contributed by atoms with Crippen molar-refractivity contribution in [3.05, 3.63) is 89.2 Å². The number of carbonyl (C=O) groups is 1. The van der Waals surface area contributed by atoms with Gasteiger partial charge in [0, 0.05) is 30.9 Å². The standard InChI is InChI=1S/C24H23F2N3O4S/c1-17-5-6-18(14-23(17)34(31,32)28-10-12-33-13-11-28)24(30)29(16-20-4-2-3-9-27-20)22-8-7-19(25)15-21(22)26/h2-9,14-15H,10-13,16H2,1H3. The van der Waals surface area contributed by atoms with Gasteiger partial charge in [0.25, 0.3) is 5.91 Å². The second kappa shape index (κ2) is 9.96. The first-order chi connectivity index (χ1) is 16.3. The molecule has 1 saturated heterocycles. The van der Waals surface area contributed by atoms with E-state index in [1.807, 2.05) is 0 Å². The van der Waals surface area contributed by atoms with Crippen LogP contribution in [0.4, 0.5) is 14.5 Å². The van der Waals surface area contributed by atoms with Crippen molar-refractivity contribution in [2.24, 2.45) is 0 Å². The van der Waals surface area contributed by atoms with Crippen LogP contribution in [0.5, 0.6) is 0 Å². The maximum absolute atomic E-state index is 14.7. The number of halogens is 2. The fourth-order valence-electron chi connectivity index (χ4n) is 3.71. The van der Waals surface area contributed by atoms with E-state index in [4.69, 9.17) is 4.74 Å². The topological polar surface area (TPSA) is 79.8 Å². The number of carbonyl (C=O) groups excluding carboxylic acids is 1. The van der Waals surface area contributed by atoms with E-state index in [2.05, 4.69) is 4.98 Å². The molecular formula is C24H23F2N3O4S. The van der Waals surface area contributed by atoms with E-state index in [1.165, 1.54) is 28.7 Å². The average Bonchev–Trinajstić information content (AvgIpc) is 2.84. The van der Waals surface area contributed by atoms with Gasteiger partial charge in [-0.1, -0.05) is 12.1 Å². The molecule has 3 aromatic rings. The van der Waals surface area contributed by atoms with Gasteiger partial charge in [-0.3, -0.25) is 14.7 Å². The molecule has 0 aliphatic carbocycles.